The predicted molar refractivity (Wildman–Crippen MR) is 52.6 cm³/mol. The lowest BCUT2D eigenvalue weighted by Crippen LogP contribution is -2.58. The molecule has 2 nitrogen and oxygen atoms in total. The molecule has 0 fully saturated rings. The standard InChI is InChI=1S/C4H18N2Si3/c1-3-9(5,4-2)6(7)8/h3-5H2,1-2,7-8H3. The van der Waals surface area contributed by atoms with Crippen LogP contribution >= 0.6 is 0 Å². The molecule has 0 aliphatic rings. The molecule has 0 aromatic carbocycles. The Morgan fingerprint density at radius 3 is 1.67 bits per heavy atom. The van der Waals surface area contributed by atoms with Gasteiger partial charge in [0.15, 0.2) is 8.40 Å². The van der Waals surface area contributed by atoms with Crippen LogP contribution < -0.4 is 5.40 Å². The maximum Gasteiger partial charge on any atom is 0.186 e. The highest BCUT2D eigenvalue weighted by atomic mass is 28.4. The minimum Gasteiger partial charge on any atom is -0.371 e. The Bertz CT molecular complexity index is 81.9. The van der Waals surface area contributed by atoms with Crippen LogP contribution in [0, 0.1) is 0 Å². The highest BCUT2D eigenvalue weighted by Crippen LogP contribution is 2.08. The third-order valence-electron chi connectivity index (χ3n) is 2.12. The molecule has 9 heavy (non-hydrogen) atoms. The number of hydrogen-bond acceptors (Lipinski definition) is 2. The maximum absolute atomic E-state index is 6.17. The summed E-state index contributed by atoms with van der Waals surface area (Å²) in [5.74, 6) is 0. The fourth-order valence-electron chi connectivity index (χ4n) is 0.882. The normalized spacial score (nSPS) is 13.3. The first-order valence-corrected chi connectivity index (χ1v) is 7.76. The van der Waals surface area contributed by atoms with E-state index in [1.165, 1.54) is 32.9 Å². The molecule has 0 heterocycles. The molecule has 0 saturated carbocycles. The molecule has 0 amide bonds. The molecule has 0 spiro atoms. The lowest BCUT2D eigenvalue weighted by Gasteiger charge is -2.31. The summed E-state index contributed by atoms with van der Waals surface area (Å²) in [4.78, 5) is 0. The van der Waals surface area contributed by atoms with E-state index in [0.29, 0.717) is 0 Å². The third-order valence-corrected chi connectivity index (χ3v) is 11.7. The summed E-state index contributed by atoms with van der Waals surface area (Å²) in [7, 11) is 1.04. The van der Waals surface area contributed by atoms with E-state index in [1.807, 2.05) is 0 Å². The van der Waals surface area contributed by atoms with Crippen LogP contribution in [0.25, 0.3) is 0 Å². The fraction of sp³-hybridized carbons (Fsp3) is 1.00. The van der Waals surface area contributed by atoms with Crippen molar-refractivity contribution >= 4 is 29.2 Å². The summed E-state index contributed by atoms with van der Waals surface area (Å²) in [5, 5.41) is 6.17. The van der Waals surface area contributed by atoms with Crippen molar-refractivity contribution in [2.45, 2.75) is 25.9 Å². The average Bonchev–Trinajstić information content (AvgIpc) is 1.86. The Labute approximate surface area is 65.0 Å². The third kappa shape index (κ3) is 2.34. The molecule has 5 heteroatoms. The summed E-state index contributed by atoms with van der Waals surface area (Å²) in [6.07, 6.45) is 0. The van der Waals surface area contributed by atoms with Crippen molar-refractivity contribution in [1.29, 1.82) is 0 Å². The first kappa shape index (κ1) is 9.57. The smallest absolute Gasteiger partial charge is 0.186 e. The molecular weight excluding hydrogens is 160 g/mol. The Kier molecular flexibility index (Phi) is 3.90. The van der Waals surface area contributed by atoms with Crippen LogP contribution in [0.5, 0.6) is 0 Å². The van der Waals surface area contributed by atoms with E-state index in [-0.39, 0.29) is 0 Å². The summed E-state index contributed by atoms with van der Waals surface area (Å²) in [6, 6.07) is 2.44. The molecule has 0 radical (unpaired) electrons. The van der Waals surface area contributed by atoms with Crippen LogP contribution in [0.4, 0.5) is 0 Å². The number of nitrogens with two attached hydrogens (primary N) is 1. The van der Waals surface area contributed by atoms with Gasteiger partial charge in [0.05, 0.1) is 20.8 Å². The lowest BCUT2D eigenvalue weighted by molar-refractivity contribution is 0.963. The lowest BCUT2D eigenvalue weighted by atomic mass is 10.9. The van der Waals surface area contributed by atoms with Crippen LogP contribution in [0.15, 0.2) is 0 Å². The summed E-state index contributed by atoms with van der Waals surface area (Å²) in [6.45, 7) is 4.44. The Balaban J connectivity index is 3.92. The highest BCUT2D eigenvalue weighted by molar-refractivity contribution is 6.82. The minimum atomic E-state index is -1.32. The molecule has 0 aromatic rings. The minimum absolute atomic E-state index is 1.18. The quantitative estimate of drug-likeness (QED) is 0.522. The molecule has 0 aliphatic heterocycles. The largest absolute Gasteiger partial charge is 0.371 e. The molecule has 0 aliphatic carbocycles. The molecule has 2 N–H and O–H groups in total. The van der Waals surface area contributed by atoms with Crippen molar-refractivity contribution in [1.82, 2.24) is 3.90 Å². The van der Waals surface area contributed by atoms with E-state index in [0.717, 1.165) is 0 Å². The second-order valence-corrected chi connectivity index (χ2v) is 13.5. The van der Waals surface area contributed by atoms with Gasteiger partial charge in [0.1, 0.15) is 0 Å². The van der Waals surface area contributed by atoms with Crippen LogP contribution in [0.3, 0.4) is 0 Å². The van der Waals surface area contributed by atoms with E-state index in [2.05, 4.69) is 17.7 Å². The van der Waals surface area contributed by atoms with Crippen LogP contribution in [0.1, 0.15) is 13.8 Å². The Hall–Kier alpha value is 0.571. The average molecular weight is 178 g/mol. The zero-order valence-corrected chi connectivity index (χ0v) is 11.9. The van der Waals surface area contributed by atoms with Gasteiger partial charge < -0.3 is 9.30 Å². The van der Waals surface area contributed by atoms with Crippen LogP contribution in [0.2, 0.25) is 12.1 Å². The summed E-state index contributed by atoms with van der Waals surface area (Å²) in [5.41, 5.74) is 0. The number of hydrogen-bond donors (Lipinski definition) is 1. The molecule has 0 rings (SSSR count). The van der Waals surface area contributed by atoms with Crippen LogP contribution in [-0.4, -0.2) is 33.1 Å². The molecule has 56 valence electrons. The van der Waals surface area contributed by atoms with Crippen molar-refractivity contribution in [2.24, 2.45) is 5.40 Å². The van der Waals surface area contributed by atoms with E-state index in [9.17, 15) is 0 Å². The number of nitrogens with zero attached hydrogens (tertiary/aromatic N) is 1. The second-order valence-electron chi connectivity index (χ2n) is 2.71. The SMILES string of the molecule is CC[Si](N)(CC)N([SiH3])[SiH3]. The Morgan fingerprint density at radius 2 is 1.67 bits per heavy atom. The van der Waals surface area contributed by atoms with Gasteiger partial charge in [-0.25, -0.2) is 0 Å². The van der Waals surface area contributed by atoms with Crippen molar-refractivity contribution in [3.63, 3.8) is 0 Å². The second kappa shape index (κ2) is 3.67. The number of rotatable bonds is 3. The van der Waals surface area contributed by atoms with Gasteiger partial charge in [0, 0.05) is 0 Å². The summed E-state index contributed by atoms with van der Waals surface area (Å²) < 4.78 is 2.49. The monoisotopic (exact) mass is 178 g/mol. The maximum atomic E-state index is 6.17. The van der Waals surface area contributed by atoms with E-state index >= 15 is 0 Å². The van der Waals surface area contributed by atoms with E-state index in [4.69, 9.17) is 5.40 Å². The summed E-state index contributed by atoms with van der Waals surface area (Å²) >= 11 is 0. The zero-order chi connectivity index (χ0) is 7.49. The van der Waals surface area contributed by atoms with Gasteiger partial charge in [0.25, 0.3) is 0 Å². The van der Waals surface area contributed by atoms with Gasteiger partial charge in [-0.05, 0) is 12.1 Å². The van der Waals surface area contributed by atoms with Gasteiger partial charge in [-0.1, -0.05) is 13.8 Å². The van der Waals surface area contributed by atoms with Gasteiger partial charge in [0.2, 0.25) is 0 Å². The van der Waals surface area contributed by atoms with E-state index in [1.54, 1.807) is 0 Å². The molecule has 0 aromatic heterocycles. The van der Waals surface area contributed by atoms with Crippen molar-refractivity contribution < 1.29 is 0 Å². The Morgan fingerprint density at radius 1 is 1.33 bits per heavy atom. The van der Waals surface area contributed by atoms with Gasteiger partial charge in [-0.15, -0.1) is 0 Å². The predicted octanol–water partition coefficient (Wildman–Crippen LogP) is -1.71. The molecular formula is C4H18N2Si3. The van der Waals surface area contributed by atoms with Gasteiger partial charge in [-0.3, -0.25) is 0 Å². The fourth-order valence-corrected chi connectivity index (χ4v) is 6.44. The van der Waals surface area contributed by atoms with Gasteiger partial charge in [-0.2, -0.15) is 0 Å². The topological polar surface area (TPSA) is 29.3 Å². The molecule has 0 unspecified atom stereocenters. The molecule has 0 bridgehead atoms. The van der Waals surface area contributed by atoms with Crippen molar-refractivity contribution in [3.8, 4) is 0 Å². The van der Waals surface area contributed by atoms with Crippen molar-refractivity contribution in [2.75, 3.05) is 0 Å². The zero-order valence-electron chi connectivity index (χ0n) is 6.94. The van der Waals surface area contributed by atoms with Gasteiger partial charge >= 0.3 is 0 Å². The first-order chi connectivity index (χ1) is 4.06. The molecule has 0 saturated heterocycles. The first-order valence-electron chi connectivity index (χ1n) is 3.53. The van der Waals surface area contributed by atoms with Crippen LogP contribution in [-0.2, 0) is 0 Å². The van der Waals surface area contributed by atoms with E-state index < -0.39 is 8.40 Å². The van der Waals surface area contributed by atoms with Crippen molar-refractivity contribution in [3.05, 3.63) is 0 Å². The highest BCUT2D eigenvalue weighted by Gasteiger charge is 2.25. The molecule has 0 atom stereocenters.